The first-order valence-electron chi connectivity index (χ1n) is 6.54. The van der Waals surface area contributed by atoms with Crippen molar-refractivity contribution in [1.82, 2.24) is 0 Å². The number of benzene rings is 1. The fourth-order valence-electron chi connectivity index (χ4n) is 1.72. The van der Waals surface area contributed by atoms with Crippen LogP contribution in [0.1, 0.15) is 6.42 Å². The number of alkyl halides is 9. The summed E-state index contributed by atoms with van der Waals surface area (Å²) in [6.45, 7) is 0. The highest BCUT2D eigenvalue weighted by molar-refractivity contribution is 7.91. The molecular formula is C12H8F9NO4S. The van der Waals surface area contributed by atoms with E-state index in [4.69, 9.17) is 0 Å². The Morgan fingerprint density at radius 2 is 1.30 bits per heavy atom. The van der Waals surface area contributed by atoms with Crippen LogP contribution in [0.5, 0.6) is 0 Å². The van der Waals surface area contributed by atoms with Gasteiger partial charge < -0.3 is 0 Å². The molecule has 0 atom stereocenters. The normalized spacial score (nSPS) is 14.3. The molecule has 0 unspecified atom stereocenters. The van der Waals surface area contributed by atoms with Gasteiger partial charge in [0.2, 0.25) is 0 Å². The third-order valence-electron chi connectivity index (χ3n) is 3.30. The van der Waals surface area contributed by atoms with Gasteiger partial charge in [-0.15, -0.1) is 0 Å². The summed E-state index contributed by atoms with van der Waals surface area (Å²) >= 11 is 0. The highest BCUT2D eigenvalue weighted by Crippen LogP contribution is 2.54. The van der Waals surface area contributed by atoms with Crippen molar-refractivity contribution in [3.05, 3.63) is 34.4 Å². The van der Waals surface area contributed by atoms with E-state index in [9.17, 15) is 58.0 Å². The number of hydrogen-bond donors (Lipinski definition) is 0. The number of nitrogens with zero attached hydrogens (tertiary/aromatic N) is 1. The molecule has 0 aliphatic carbocycles. The maximum absolute atomic E-state index is 13.4. The summed E-state index contributed by atoms with van der Waals surface area (Å²) in [5, 5.41) is 10.4. The summed E-state index contributed by atoms with van der Waals surface area (Å²) in [6.07, 6.45) is -9.55. The van der Waals surface area contributed by atoms with E-state index in [1.54, 1.807) is 0 Å². The second-order valence-corrected chi connectivity index (χ2v) is 7.28. The van der Waals surface area contributed by atoms with E-state index in [1.807, 2.05) is 0 Å². The maximum atomic E-state index is 13.4. The van der Waals surface area contributed by atoms with Crippen molar-refractivity contribution in [2.45, 2.75) is 35.3 Å². The van der Waals surface area contributed by atoms with E-state index in [2.05, 4.69) is 0 Å². The van der Waals surface area contributed by atoms with Gasteiger partial charge in [0.05, 0.1) is 15.6 Å². The predicted molar refractivity (Wildman–Crippen MR) is 70.7 cm³/mol. The first-order chi connectivity index (χ1) is 11.9. The number of hydrogen-bond acceptors (Lipinski definition) is 4. The SMILES string of the molecule is O=[N+]([O-])c1ccc(S(=O)(=O)CCC(F)(F)C(F)(F)C(F)(F)C(F)(F)F)cc1. The number of non-ortho nitro benzene ring substituents is 1. The van der Waals surface area contributed by atoms with Crippen molar-refractivity contribution in [3.63, 3.8) is 0 Å². The first-order valence-corrected chi connectivity index (χ1v) is 8.19. The molecule has 0 fully saturated rings. The molecule has 0 heterocycles. The van der Waals surface area contributed by atoms with Crippen LogP contribution in [0.15, 0.2) is 29.2 Å². The molecule has 0 aromatic heterocycles. The van der Waals surface area contributed by atoms with Gasteiger partial charge in [-0.2, -0.15) is 39.5 Å². The number of halogens is 9. The molecular weight excluding hydrogens is 425 g/mol. The minimum Gasteiger partial charge on any atom is -0.258 e. The Kier molecular flexibility index (Phi) is 5.82. The van der Waals surface area contributed by atoms with Crippen molar-refractivity contribution in [2.75, 3.05) is 5.75 Å². The molecule has 5 nitrogen and oxygen atoms in total. The largest absolute Gasteiger partial charge is 0.460 e. The van der Waals surface area contributed by atoms with Crippen LogP contribution < -0.4 is 0 Å². The monoisotopic (exact) mass is 433 g/mol. The summed E-state index contributed by atoms with van der Waals surface area (Å²) < 4.78 is 138. The molecule has 0 bridgehead atoms. The van der Waals surface area contributed by atoms with Gasteiger partial charge in [-0.05, 0) is 12.1 Å². The van der Waals surface area contributed by atoms with Crippen LogP contribution in [-0.4, -0.2) is 43.0 Å². The molecule has 27 heavy (non-hydrogen) atoms. The highest BCUT2D eigenvalue weighted by atomic mass is 32.2. The summed E-state index contributed by atoms with van der Waals surface area (Å²) in [5.74, 6) is -22.0. The lowest BCUT2D eigenvalue weighted by Crippen LogP contribution is -2.61. The van der Waals surface area contributed by atoms with Crippen LogP contribution in [-0.2, 0) is 9.84 Å². The van der Waals surface area contributed by atoms with Crippen LogP contribution in [0.4, 0.5) is 45.2 Å². The lowest BCUT2D eigenvalue weighted by Gasteiger charge is -2.33. The number of rotatable bonds is 7. The molecule has 15 heteroatoms. The Hall–Kier alpha value is -2.06. The van der Waals surface area contributed by atoms with Gasteiger partial charge in [-0.3, -0.25) is 10.1 Å². The molecule has 0 saturated carbocycles. The van der Waals surface area contributed by atoms with Crippen molar-refractivity contribution in [2.24, 2.45) is 0 Å². The molecule has 0 saturated heterocycles. The molecule has 1 aromatic rings. The van der Waals surface area contributed by atoms with Gasteiger partial charge in [0, 0.05) is 18.6 Å². The predicted octanol–water partition coefficient (Wildman–Crippen LogP) is 4.23. The van der Waals surface area contributed by atoms with Gasteiger partial charge >= 0.3 is 23.9 Å². The topological polar surface area (TPSA) is 77.3 Å². The summed E-state index contributed by atoms with van der Waals surface area (Å²) in [6, 6.07) is 2.40. The molecule has 0 aliphatic heterocycles. The average Bonchev–Trinajstić information content (AvgIpc) is 2.52. The van der Waals surface area contributed by atoms with Gasteiger partial charge in [0.15, 0.2) is 9.84 Å². The Bertz CT molecular complexity index is 803. The van der Waals surface area contributed by atoms with Gasteiger partial charge in [0.1, 0.15) is 0 Å². The fourth-order valence-corrected chi connectivity index (χ4v) is 3.03. The van der Waals surface area contributed by atoms with Gasteiger partial charge in [-0.1, -0.05) is 0 Å². The standard InChI is InChI=1S/C12H8F9NO4S/c13-9(14,10(15,16)11(17,18)12(19,20)21)5-6-27(25,26)8-3-1-7(2-4-8)22(23)24/h1-4H,5-6H2. The Morgan fingerprint density at radius 1 is 0.852 bits per heavy atom. The molecule has 1 aromatic carbocycles. The molecule has 0 amide bonds. The van der Waals surface area contributed by atoms with Crippen molar-refractivity contribution in [3.8, 4) is 0 Å². The van der Waals surface area contributed by atoms with Crippen LogP contribution in [0.25, 0.3) is 0 Å². The third kappa shape index (κ3) is 4.27. The Labute approximate surface area is 144 Å². The van der Waals surface area contributed by atoms with Crippen molar-refractivity contribution >= 4 is 15.5 Å². The van der Waals surface area contributed by atoms with Crippen LogP contribution >= 0.6 is 0 Å². The smallest absolute Gasteiger partial charge is 0.258 e. The van der Waals surface area contributed by atoms with Crippen molar-refractivity contribution < 1.29 is 52.9 Å². The number of sulfone groups is 1. The van der Waals surface area contributed by atoms with E-state index in [0.29, 0.717) is 24.3 Å². The quantitative estimate of drug-likeness (QED) is 0.367. The lowest BCUT2D eigenvalue weighted by molar-refractivity contribution is -0.396. The van der Waals surface area contributed by atoms with E-state index in [-0.39, 0.29) is 0 Å². The van der Waals surface area contributed by atoms with Gasteiger partial charge in [-0.25, -0.2) is 8.42 Å². The second kappa shape index (κ2) is 6.83. The zero-order valence-electron chi connectivity index (χ0n) is 12.6. The van der Waals surface area contributed by atoms with Gasteiger partial charge in [0.25, 0.3) is 5.69 Å². The van der Waals surface area contributed by atoms with E-state index in [0.717, 1.165) is 0 Å². The molecule has 0 spiro atoms. The number of nitro benzene ring substituents is 1. The number of nitro groups is 1. The fraction of sp³-hybridized carbons (Fsp3) is 0.500. The third-order valence-corrected chi connectivity index (χ3v) is 5.03. The van der Waals surface area contributed by atoms with Crippen molar-refractivity contribution in [1.29, 1.82) is 0 Å². The zero-order valence-corrected chi connectivity index (χ0v) is 13.4. The minimum absolute atomic E-state index is 0.564. The summed E-state index contributed by atoms with van der Waals surface area (Å²) in [7, 11) is -4.84. The lowest BCUT2D eigenvalue weighted by atomic mass is 10.0. The Balaban J connectivity index is 3.08. The molecule has 1 rings (SSSR count). The highest BCUT2D eigenvalue weighted by Gasteiger charge is 2.81. The van der Waals surface area contributed by atoms with Crippen LogP contribution in [0.2, 0.25) is 0 Å². The maximum Gasteiger partial charge on any atom is 0.460 e. The van der Waals surface area contributed by atoms with E-state index >= 15 is 0 Å². The van der Waals surface area contributed by atoms with E-state index in [1.165, 1.54) is 0 Å². The second-order valence-electron chi connectivity index (χ2n) is 5.17. The Morgan fingerprint density at radius 3 is 1.67 bits per heavy atom. The first kappa shape index (κ1) is 23.0. The molecule has 154 valence electrons. The zero-order chi connectivity index (χ0) is 21.5. The average molecular weight is 433 g/mol. The molecule has 0 aliphatic rings. The summed E-state index contributed by atoms with van der Waals surface area (Å²) in [5.41, 5.74) is -0.601. The summed E-state index contributed by atoms with van der Waals surface area (Å²) in [4.78, 5) is 8.62. The van der Waals surface area contributed by atoms with Crippen LogP contribution in [0, 0.1) is 10.1 Å². The molecule has 0 N–H and O–H groups in total. The van der Waals surface area contributed by atoms with Crippen LogP contribution in [0.3, 0.4) is 0 Å². The van der Waals surface area contributed by atoms with E-state index < -0.39 is 61.5 Å². The molecule has 0 radical (unpaired) electrons. The minimum atomic E-state index is -7.11.